The van der Waals surface area contributed by atoms with Crippen LogP contribution in [-0.2, 0) is 6.42 Å². The first kappa shape index (κ1) is 15.6. The maximum Gasteiger partial charge on any atom is 0.143 e. The van der Waals surface area contributed by atoms with Crippen molar-refractivity contribution in [2.24, 2.45) is 0 Å². The van der Waals surface area contributed by atoms with Crippen molar-refractivity contribution in [2.45, 2.75) is 12.3 Å². The minimum Gasteiger partial charge on any atom is -0.207 e. The van der Waals surface area contributed by atoms with E-state index >= 15 is 0 Å². The van der Waals surface area contributed by atoms with Crippen LogP contribution in [0.1, 0.15) is 17.0 Å². The largest absolute Gasteiger partial charge is 0.207 e. The molecule has 0 saturated heterocycles. The molecule has 0 aliphatic heterocycles. The highest BCUT2D eigenvalue weighted by Crippen LogP contribution is 2.29. The molecule has 1 atom stereocenters. The first-order chi connectivity index (χ1) is 9.52. The maximum atomic E-state index is 14.0. The number of benzene rings is 2. The first-order valence-electron chi connectivity index (χ1n) is 5.96. The Morgan fingerprint density at radius 2 is 1.80 bits per heavy atom. The second-order valence-electron chi connectivity index (χ2n) is 4.43. The minimum atomic E-state index is -0.604. The molecular formula is C15H11Br2F3. The van der Waals surface area contributed by atoms with Gasteiger partial charge in [0.1, 0.15) is 17.5 Å². The van der Waals surface area contributed by atoms with Crippen molar-refractivity contribution in [3.8, 4) is 0 Å². The van der Waals surface area contributed by atoms with Crippen molar-refractivity contribution in [1.29, 1.82) is 0 Å². The van der Waals surface area contributed by atoms with Crippen LogP contribution in [0.5, 0.6) is 0 Å². The predicted molar refractivity (Wildman–Crippen MR) is 80.7 cm³/mol. The third-order valence-electron chi connectivity index (χ3n) is 3.10. The summed E-state index contributed by atoms with van der Waals surface area (Å²) in [6.07, 6.45) is 0.159. The molecule has 1 unspecified atom stereocenters. The third kappa shape index (κ3) is 3.44. The lowest BCUT2D eigenvalue weighted by Crippen LogP contribution is -2.08. The molecule has 0 N–H and O–H groups in total. The molecule has 0 nitrogen and oxygen atoms in total. The molecule has 106 valence electrons. The van der Waals surface area contributed by atoms with Crippen LogP contribution in [0, 0.1) is 17.5 Å². The Bertz CT molecular complexity index is 614. The summed E-state index contributed by atoms with van der Waals surface area (Å²) in [5.41, 5.74) is 0.716. The molecule has 0 radical (unpaired) electrons. The van der Waals surface area contributed by atoms with Crippen LogP contribution in [0.15, 0.2) is 40.9 Å². The van der Waals surface area contributed by atoms with Gasteiger partial charge in [-0.2, -0.15) is 0 Å². The average molecular weight is 408 g/mol. The van der Waals surface area contributed by atoms with Gasteiger partial charge in [-0.15, -0.1) is 0 Å². The molecule has 0 aromatic heterocycles. The van der Waals surface area contributed by atoms with E-state index in [1.165, 1.54) is 24.3 Å². The van der Waals surface area contributed by atoms with Crippen LogP contribution in [0.3, 0.4) is 0 Å². The van der Waals surface area contributed by atoms with Crippen LogP contribution in [-0.4, -0.2) is 5.33 Å². The molecule has 0 spiro atoms. The second-order valence-corrected chi connectivity index (χ2v) is 5.93. The highest BCUT2D eigenvalue weighted by molar-refractivity contribution is 9.10. The lowest BCUT2D eigenvalue weighted by atomic mass is 9.93. The Hall–Kier alpha value is -0.810. The van der Waals surface area contributed by atoms with E-state index in [9.17, 15) is 13.2 Å². The van der Waals surface area contributed by atoms with Gasteiger partial charge in [-0.25, -0.2) is 13.2 Å². The number of hydrogen-bond donors (Lipinski definition) is 0. The van der Waals surface area contributed by atoms with Gasteiger partial charge in [0.25, 0.3) is 0 Å². The lowest BCUT2D eigenvalue weighted by Gasteiger charge is -2.16. The van der Waals surface area contributed by atoms with Crippen LogP contribution < -0.4 is 0 Å². The number of hydrogen-bond acceptors (Lipinski definition) is 0. The van der Waals surface area contributed by atoms with E-state index in [0.29, 0.717) is 10.9 Å². The average Bonchev–Trinajstić information content (AvgIpc) is 2.43. The van der Waals surface area contributed by atoms with Crippen molar-refractivity contribution >= 4 is 31.9 Å². The molecule has 0 aliphatic carbocycles. The Morgan fingerprint density at radius 1 is 1.05 bits per heavy atom. The van der Waals surface area contributed by atoms with Gasteiger partial charge in [0.15, 0.2) is 0 Å². The number of alkyl halides is 1. The van der Waals surface area contributed by atoms with E-state index in [0.717, 1.165) is 0 Å². The standard InChI is InChI=1S/C15H11Br2F3/c16-8-10(9-2-1-3-11(18)6-9)7-12-14(19)5-4-13(17)15(12)20/h1-6,10H,7-8H2. The number of rotatable bonds is 4. The summed E-state index contributed by atoms with van der Waals surface area (Å²) in [7, 11) is 0. The first-order valence-corrected chi connectivity index (χ1v) is 7.88. The Balaban J connectivity index is 2.34. The van der Waals surface area contributed by atoms with Crippen molar-refractivity contribution in [3.63, 3.8) is 0 Å². The molecule has 5 heteroatoms. The Morgan fingerprint density at radius 3 is 2.45 bits per heavy atom. The van der Waals surface area contributed by atoms with E-state index < -0.39 is 11.6 Å². The summed E-state index contributed by atoms with van der Waals surface area (Å²) in [5, 5.41) is 0.488. The summed E-state index contributed by atoms with van der Waals surface area (Å²) in [5.74, 6) is -1.76. The zero-order valence-corrected chi connectivity index (χ0v) is 13.5. The van der Waals surface area contributed by atoms with Crippen molar-refractivity contribution < 1.29 is 13.2 Å². The molecule has 20 heavy (non-hydrogen) atoms. The van der Waals surface area contributed by atoms with E-state index in [1.54, 1.807) is 12.1 Å². The highest BCUT2D eigenvalue weighted by Gasteiger charge is 2.19. The molecule has 2 aromatic rings. The molecule has 2 rings (SSSR count). The van der Waals surface area contributed by atoms with Gasteiger partial charge < -0.3 is 0 Å². The fraction of sp³-hybridized carbons (Fsp3) is 0.200. The van der Waals surface area contributed by atoms with Gasteiger partial charge in [-0.05, 0) is 58.1 Å². The smallest absolute Gasteiger partial charge is 0.143 e. The summed E-state index contributed by atoms with van der Waals surface area (Å²) < 4.78 is 41.2. The van der Waals surface area contributed by atoms with Gasteiger partial charge in [-0.1, -0.05) is 28.1 Å². The van der Waals surface area contributed by atoms with E-state index in [1.807, 2.05) is 0 Å². The van der Waals surface area contributed by atoms with Crippen molar-refractivity contribution in [2.75, 3.05) is 5.33 Å². The lowest BCUT2D eigenvalue weighted by molar-refractivity contribution is 0.540. The summed E-state index contributed by atoms with van der Waals surface area (Å²) >= 11 is 6.37. The minimum absolute atomic E-state index is 0.00749. The zero-order chi connectivity index (χ0) is 14.7. The SMILES string of the molecule is Fc1cccc(C(CBr)Cc2c(F)ccc(Br)c2F)c1. The Labute approximate surface area is 132 Å². The van der Waals surface area contributed by atoms with E-state index in [-0.39, 0.29) is 28.2 Å². The van der Waals surface area contributed by atoms with Crippen LogP contribution in [0.4, 0.5) is 13.2 Å². The molecular weight excluding hydrogens is 397 g/mol. The molecule has 0 bridgehead atoms. The predicted octanol–water partition coefficient (Wildman–Crippen LogP) is 5.59. The summed E-state index contributed by atoms with van der Waals surface area (Å²) in [6, 6.07) is 8.63. The highest BCUT2D eigenvalue weighted by atomic mass is 79.9. The second kappa shape index (κ2) is 6.76. The van der Waals surface area contributed by atoms with Gasteiger partial charge in [0.2, 0.25) is 0 Å². The maximum absolute atomic E-state index is 14.0. The van der Waals surface area contributed by atoms with Crippen LogP contribution in [0.25, 0.3) is 0 Å². The summed E-state index contributed by atoms with van der Waals surface area (Å²) in [4.78, 5) is 0. The van der Waals surface area contributed by atoms with Crippen molar-refractivity contribution in [3.05, 3.63) is 69.4 Å². The molecule has 0 heterocycles. The summed E-state index contributed by atoms with van der Waals surface area (Å²) in [6.45, 7) is 0. The molecule has 0 amide bonds. The van der Waals surface area contributed by atoms with Crippen LogP contribution in [0.2, 0.25) is 0 Å². The molecule has 0 aliphatic rings. The van der Waals surface area contributed by atoms with Gasteiger partial charge in [0, 0.05) is 10.9 Å². The monoisotopic (exact) mass is 406 g/mol. The zero-order valence-electron chi connectivity index (χ0n) is 10.3. The van der Waals surface area contributed by atoms with Crippen molar-refractivity contribution in [1.82, 2.24) is 0 Å². The number of halogens is 5. The normalized spacial score (nSPS) is 12.4. The fourth-order valence-electron chi connectivity index (χ4n) is 2.02. The third-order valence-corrected chi connectivity index (χ3v) is 4.49. The molecule has 0 fully saturated rings. The molecule has 2 aromatic carbocycles. The van der Waals surface area contributed by atoms with E-state index in [2.05, 4.69) is 31.9 Å². The van der Waals surface area contributed by atoms with Gasteiger partial charge in [-0.3, -0.25) is 0 Å². The Kier molecular flexibility index (Phi) is 5.27. The van der Waals surface area contributed by atoms with Crippen LogP contribution >= 0.6 is 31.9 Å². The topological polar surface area (TPSA) is 0 Å². The van der Waals surface area contributed by atoms with E-state index in [4.69, 9.17) is 0 Å². The molecule has 0 saturated carbocycles. The quantitative estimate of drug-likeness (QED) is 0.458. The van der Waals surface area contributed by atoms with Gasteiger partial charge >= 0.3 is 0 Å². The fourth-order valence-corrected chi connectivity index (χ4v) is 3.00. The van der Waals surface area contributed by atoms with Gasteiger partial charge in [0.05, 0.1) is 4.47 Å².